The Morgan fingerprint density at radius 1 is 1.21 bits per heavy atom. The second kappa shape index (κ2) is 7.13. The molecule has 1 fully saturated rings. The predicted molar refractivity (Wildman–Crippen MR) is 89.7 cm³/mol. The van der Waals surface area contributed by atoms with E-state index in [4.69, 9.17) is 9.26 Å². The van der Waals surface area contributed by atoms with Gasteiger partial charge in [0.2, 0.25) is 5.89 Å². The zero-order valence-corrected chi connectivity index (χ0v) is 13.7. The second-order valence-corrected chi connectivity index (χ2v) is 6.52. The van der Waals surface area contributed by atoms with Crippen molar-refractivity contribution >= 4 is 10.9 Å². The van der Waals surface area contributed by atoms with Crippen molar-refractivity contribution in [1.29, 1.82) is 0 Å². The van der Waals surface area contributed by atoms with Crippen LogP contribution in [0.5, 0.6) is 0 Å². The number of fused-ring (bicyclic) bond motifs is 1. The average Bonchev–Trinajstić information content (AvgIpc) is 3.25. The van der Waals surface area contributed by atoms with E-state index in [1.165, 1.54) is 24.8 Å². The molecular weight excluding hydrogens is 304 g/mol. The van der Waals surface area contributed by atoms with Crippen LogP contribution in [0.3, 0.4) is 0 Å². The van der Waals surface area contributed by atoms with Crippen LogP contribution >= 0.6 is 0 Å². The van der Waals surface area contributed by atoms with Crippen LogP contribution in [0.25, 0.3) is 10.9 Å². The van der Waals surface area contributed by atoms with Gasteiger partial charge < -0.3 is 9.26 Å². The third kappa shape index (κ3) is 3.64. The van der Waals surface area contributed by atoms with Crippen molar-refractivity contribution in [3.8, 4) is 0 Å². The van der Waals surface area contributed by atoms with Gasteiger partial charge in [-0.15, -0.1) is 0 Å². The van der Waals surface area contributed by atoms with Crippen molar-refractivity contribution in [2.45, 2.75) is 38.5 Å². The summed E-state index contributed by atoms with van der Waals surface area (Å²) in [6.07, 6.45) is 8.08. The third-order valence-corrected chi connectivity index (χ3v) is 4.72. The number of aryl methyl sites for hydroxylation is 1. The Morgan fingerprint density at radius 3 is 3.04 bits per heavy atom. The Hall–Kier alpha value is -2.21. The number of rotatable bonds is 6. The van der Waals surface area contributed by atoms with Crippen molar-refractivity contribution in [3.05, 3.63) is 41.7 Å². The van der Waals surface area contributed by atoms with Crippen molar-refractivity contribution in [3.63, 3.8) is 0 Å². The molecule has 3 aromatic rings. The molecule has 0 unspecified atom stereocenters. The van der Waals surface area contributed by atoms with Crippen LogP contribution in [-0.2, 0) is 17.6 Å². The molecule has 0 bridgehead atoms. The van der Waals surface area contributed by atoms with Gasteiger partial charge in [-0.1, -0.05) is 11.2 Å². The number of nitrogens with zero attached hydrogens (tertiary/aromatic N) is 3. The Kier molecular flexibility index (Phi) is 4.55. The van der Waals surface area contributed by atoms with E-state index >= 15 is 0 Å². The van der Waals surface area contributed by atoms with Gasteiger partial charge in [-0.3, -0.25) is 5.10 Å². The number of aromatic amines is 1. The summed E-state index contributed by atoms with van der Waals surface area (Å²) in [5.41, 5.74) is 2.21. The molecule has 6 nitrogen and oxygen atoms in total. The van der Waals surface area contributed by atoms with Crippen molar-refractivity contribution in [2.75, 3.05) is 13.2 Å². The molecule has 1 aliphatic heterocycles. The molecule has 0 saturated carbocycles. The van der Waals surface area contributed by atoms with Gasteiger partial charge in [-0.2, -0.15) is 10.1 Å². The van der Waals surface area contributed by atoms with Crippen LogP contribution in [0.2, 0.25) is 0 Å². The van der Waals surface area contributed by atoms with Crippen LogP contribution in [0.1, 0.15) is 43.0 Å². The van der Waals surface area contributed by atoms with Crippen molar-refractivity contribution in [2.24, 2.45) is 5.92 Å². The molecule has 1 aliphatic rings. The van der Waals surface area contributed by atoms with E-state index in [1.54, 1.807) is 0 Å². The minimum Gasteiger partial charge on any atom is -0.381 e. The summed E-state index contributed by atoms with van der Waals surface area (Å²) < 4.78 is 10.8. The molecule has 24 heavy (non-hydrogen) atoms. The highest BCUT2D eigenvalue weighted by Crippen LogP contribution is 2.21. The molecule has 0 radical (unpaired) electrons. The molecule has 4 rings (SSSR count). The van der Waals surface area contributed by atoms with E-state index in [0.717, 1.165) is 54.6 Å². The molecule has 0 atom stereocenters. The van der Waals surface area contributed by atoms with Gasteiger partial charge in [0.05, 0.1) is 11.7 Å². The molecular formula is C18H22N4O2. The van der Waals surface area contributed by atoms with E-state index in [2.05, 4.69) is 32.5 Å². The highest BCUT2D eigenvalue weighted by atomic mass is 16.5. The molecule has 1 saturated heterocycles. The van der Waals surface area contributed by atoms with Gasteiger partial charge in [-0.25, -0.2) is 0 Å². The fourth-order valence-electron chi connectivity index (χ4n) is 3.33. The highest BCUT2D eigenvalue weighted by Gasteiger charge is 2.14. The summed E-state index contributed by atoms with van der Waals surface area (Å²) in [6.45, 7) is 1.83. The van der Waals surface area contributed by atoms with Gasteiger partial charge in [0.25, 0.3) is 0 Å². The summed E-state index contributed by atoms with van der Waals surface area (Å²) >= 11 is 0. The van der Waals surface area contributed by atoms with Crippen LogP contribution in [0.15, 0.2) is 28.9 Å². The molecule has 1 N–H and O–H groups in total. The summed E-state index contributed by atoms with van der Waals surface area (Å²) in [7, 11) is 0. The molecule has 0 amide bonds. The lowest BCUT2D eigenvalue weighted by atomic mass is 9.94. The smallest absolute Gasteiger partial charge is 0.226 e. The average molecular weight is 326 g/mol. The van der Waals surface area contributed by atoms with Crippen LogP contribution in [-0.4, -0.2) is 33.6 Å². The zero-order chi connectivity index (χ0) is 16.2. The summed E-state index contributed by atoms with van der Waals surface area (Å²) in [4.78, 5) is 4.53. The van der Waals surface area contributed by atoms with Gasteiger partial charge in [0.15, 0.2) is 5.82 Å². The summed E-state index contributed by atoms with van der Waals surface area (Å²) in [5.74, 6) is 2.29. The maximum Gasteiger partial charge on any atom is 0.226 e. The standard InChI is InChI=1S/C18H22N4O2/c1(2-13-6-8-23-9-7-13)3-18-20-17(22-24-18)11-14-4-5-16-15(10-14)12-19-21-16/h4-5,10,12-13H,1-3,6-9,11H2,(H,19,21). The Labute approximate surface area is 140 Å². The van der Waals surface area contributed by atoms with Gasteiger partial charge >= 0.3 is 0 Å². The third-order valence-electron chi connectivity index (χ3n) is 4.72. The lowest BCUT2D eigenvalue weighted by Crippen LogP contribution is -2.15. The maximum atomic E-state index is 5.40. The Bertz CT molecular complexity index is 789. The van der Waals surface area contributed by atoms with Crippen molar-refractivity contribution < 1.29 is 9.26 Å². The topological polar surface area (TPSA) is 76.8 Å². The molecule has 3 heterocycles. The fourth-order valence-corrected chi connectivity index (χ4v) is 3.33. The first-order chi connectivity index (χ1) is 11.9. The van der Waals surface area contributed by atoms with Gasteiger partial charge in [0, 0.05) is 31.4 Å². The van der Waals surface area contributed by atoms with Gasteiger partial charge in [0.1, 0.15) is 0 Å². The second-order valence-electron chi connectivity index (χ2n) is 6.52. The number of ether oxygens (including phenoxy) is 1. The molecule has 1 aromatic carbocycles. The van der Waals surface area contributed by atoms with Gasteiger partial charge in [-0.05, 0) is 49.3 Å². The quantitative estimate of drug-likeness (QED) is 0.752. The number of nitrogens with one attached hydrogen (secondary N) is 1. The van der Waals surface area contributed by atoms with E-state index in [-0.39, 0.29) is 0 Å². The van der Waals surface area contributed by atoms with E-state index in [1.807, 2.05) is 12.3 Å². The molecule has 0 spiro atoms. The lowest BCUT2D eigenvalue weighted by molar-refractivity contribution is 0.0632. The number of H-pyrrole nitrogens is 1. The number of benzene rings is 1. The minimum absolute atomic E-state index is 0.685. The SMILES string of the molecule is c1cc2[nH]ncc2cc1Cc1noc(CCCC2CCOCC2)n1. The first-order valence-corrected chi connectivity index (χ1v) is 8.68. The molecule has 0 aliphatic carbocycles. The normalized spacial score (nSPS) is 16.0. The fraction of sp³-hybridized carbons (Fsp3) is 0.500. The first-order valence-electron chi connectivity index (χ1n) is 8.68. The van der Waals surface area contributed by atoms with Crippen LogP contribution in [0.4, 0.5) is 0 Å². The monoisotopic (exact) mass is 326 g/mol. The number of hydrogen-bond donors (Lipinski definition) is 1. The van der Waals surface area contributed by atoms with E-state index in [0.29, 0.717) is 6.42 Å². The largest absolute Gasteiger partial charge is 0.381 e. The van der Waals surface area contributed by atoms with E-state index in [9.17, 15) is 0 Å². The van der Waals surface area contributed by atoms with Crippen molar-refractivity contribution in [1.82, 2.24) is 20.3 Å². The number of aromatic nitrogens is 4. The zero-order valence-electron chi connectivity index (χ0n) is 13.7. The lowest BCUT2D eigenvalue weighted by Gasteiger charge is -2.21. The summed E-state index contributed by atoms with van der Waals surface area (Å²) in [6, 6.07) is 6.22. The maximum absolute atomic E-state index is 5.40. The molecule has 2 aromatic heterocycles. The number of hydrogen-bond acceptors (Lipinski definition) is 5. The molecule has 126 valence electrons. The highest BCUT2D eigenvalue weighted by molar-refractivity contribution is 5.78. The minimum atomic E-state index is 0.685. The van der Waals surface area contributed by atoms with Crippen LogP contribution < -0.4 is 0 Å². The van der Waals surface area contributed by atoms with E-state index < -0.39 is 0 Å². The predicted octanol–water partition coefficient (Wildman–Crippen LogP) is 3.29. The first kappa shape index (κ1) is 15.3. The molecule has 6 heteroatoms. The van der Waals surface area contributed by atoms with Crippen LogP contribution in [0, 0.1) is 5.92 Å². The Morgan fingerprint density at radius 2 is 2.12 bits per heavy atom. The summed E-state index contributed by atoms with van der Waals surface area (Å²) in [5, 5.41) is 12.2. The Balaban J connectivity index is 1.30.